The van der Waals surface area contributed by atoms with Gasteiger partial charge in [-0.25, -0.2) is 9.78 Å². The minimum atomic E-state index is -0.263. The summed E-state index contributed by atoms with van der Waals surface area (Å²) in [4.78, 5) is 17.8. The van der Waals surface area contributed by atoms with Gasteiger partial charge in [0, 0.05) is 20.1 Å². The number of ether oxygens (including phenoxy) is 1. The van der Waals surface area contributed by atoms with Crippen molar-refractivity contribution in [2.75, 3.05) is 6.54 Å². The van der Waals surface area contributed by atoms with E-state index in [1.54, 1.807) is 17.4 Å². The van der Waals surface area contributed by atoms with Crippen LogP contribution < -0.4 is 0 Å². The molecule has 5 heteroatoms. The molecule has 1 aliphatic heterocycles. The molecular formula is C15H17N3O2. The van der Waals surface area contributed by atoms with Gasteiger partial charge in [-0.1, -0.05) is 24.3 Å². The van der Waals surface area contributed by atoms with Gasteiger partial charge < -0.3 is 14.2 Å². The molecule has 104 valence electrons. The number of nitrogens with zero attached hydrogens (tertiary/aromatic N) is 3. The number of fused-ring (bicyclic) bond motifs is 1. The van der Waals surface area contributed by atoms with Crippen molar-refractivity contribution in [2.24, 2.45) is 7.05 Å². The van der Waals surface area contributed by atoms with Crippen molar-refractivity contribution in [1.29, 1.82) is 0 Å². The predicted molar refractivity (Wildman–Crippen MR) is 73.9 cm³/mol. The van der Waals surface area contributed by atoms with Gasteiger partial charge in [0.05, 0.1) is 18.2 Å². The molecule has 0 saturated heterocycles. The van der Waals surface area contributed by atoms with E-state index in [9.17, 15) is 4.79 Å². The largest absolute Gasteiger partial charge is 0.443 e. The molecule has 0 saturated carbocycles. The molecule has 0 atom stereocenters. The zero-order valence-electron chi connectivity index (χ0n) is 11.5. The minimum Gasteiger partial charge on any atom is -0.443 e. The fraction of sp³-hybridized carbons (Fsp3) is 0.333. The summed E-state index contributed by atoms with van der Waals surface area (Å²) >= 11 is 0. The third-order valence-corrected chi connectivity index (χ3v) is 3.65. The first-order valence-electron chi connectivity index (χ1n) is 6.68. The van der Waals surface area contributed by atoms with Gasteiger partial charge in [0.25, 0.3) is 0 Å². The Morgan fingerprint density at radius 1 is 1.35 bits per heavy atom. The number of aryl methyl sites for hydroxylation is 1. The third-order valence-electron chi connectivity index (χ3n) is 3.65. The maximum absolute atomic E-state index is 12.1. The lowest BCUT2D eigenvalue weighted by molar-refractivity contribution is 0.0901. The molecule has 0 N–H and O–H groups in total. The number of carbonyl (C=O) groups is 1. The first-order valence-corrected chi connectivity index (χ1v) is 6.68. The van der Waals surface area contributed by atoms with Crippen molar-refractivity contribution >= 4 is 6.09 Å². The summed E-state index contributed by atoms with van der Waals surface area (Å²) in [6, 6.07) is 8.22. The number of hydrogen-bond acceptors (Lipinski definition) is 3. The summed E-state index contributed by atoms with van der Waals surface area (Å²) in [5.74, 6) is 0. The summed E-state index contributed by atoms with van der Waals surface area (Å²) < 4.78 is 7.19. The molecule has 1 aromatic carbocycles. The molecular weight excluding hydrogens is 254 g/mol. The van der Waals surface area contributed by atoms with E-state index < -0.39 is 0 Å². The van der Waals surface area contributed by atoms with E-state index in [4.69, 9.17) is 4.74 Å². The number of amides is 1. The van der Waals surface area contributed by atoms with Crippen molar-refractivity contribution in [1.82, 2.24) is 14.5 Å². The summed E-state index contributed by atoms with van der Waals surface area (Å²) in [6.45, 7) is 1.59. The monoisotopic (exact) mass is 271 g/mol. The van der Waals surface area contributed by atoms with Crippen molar-refractivity contribution in [3.8, 4) is 0 Å². The third kappa shape index (κ3) is 2.52. The van der Waals surface area contributed by atoms with E-state index in [1.807, 2.05) is 23.7 Å². The number of benzene rings is 1. The Balaban J connectivity index is 1.60. The van der Waals surface area contributed by atoms with Crippen LogP contribution in [0.2, 0.25) is 0 Å². The van der Waals surface area contributed by atoms with Gasteiger partial charge in [0.2, 0.25) is 0 Å². The van der Waals surface area contributed by atoms with Crippen LogP contribution >= 0.6 is 0 Å². The second kappa shape index (κ2) is 5.36. The Morgan fingerprint density at radius 2 is 2.15 bits per heavy atom. The second-order valence-corrected chi connectivity index (χ2v) is 4.99. The molecule has 0 unspecified atom stereocenters. The maximum atomic E-state index is 12.1. The van der Waals surface area contributed by atoms with Crippen LogP contribution in [0.4, 0.5) is 4.79 Å². The zero-order valence-corrected chi connectivity index (χ0v) is 11.5. The summed E-state index contributed by atoms with van der Waals surface area (Å²) in [6.07, 6.45) is 4.02. The van der Waals surface area contributed by atoms with E-state index in [0.717, 1.165) is 12.1 Å². The SMILES string of the molecule is Cn1cncc1COC(=O)N1CCc2ccccc2C1. The van der Waals surface area contributed by atoms with E-state index in [1.165, 1.54) is 11.1 Å². The van der Waals surface area contributed by atoms with E-state index in [-0.39, 0.29) is 12.7 Å². The first-order chi connectivity index (χ1) is 9.74. The highest BCUT2D eigenvalue weighted by atomic mass is 16.6. The molecule has 0 radical (unpaired) electrons. The molecule has 0 spiro atoms. The molecule has 5 nitrogen and oxygen atoms in total. The van der Waals surface area contributed by atoms with Gasteiger partial charge in [0.1, 0.15) is 6.61 Å². The van der Waals surface area contributed by atoms with Crippen LogP contribution in [0.5, 0.6) is 0 Å². The lowest BCUT2D eigenvalue weighted by Crippen LogP contribution is -2.36. The van der Waals surface area contributed by atoms with Gasteiger partial charge in [-0.05, 0) is 17.5 Å². The molecule has 0 aliphatic carbocycles. The van der Waals surface area contributed by atoms with Crippen LogP contribution in [0.1, 0.15) is 16.8 Å². The fourth-order valence-corrected chi connectivity index (χ4v) is 2.40. The highest BCUT2D eigenvalue weighted by Gasteiger charge is 2.21. The average molecular weight is 271 g/mol. The average Bonchev–Trinajstić information content (AvgIpc) is 2.89. The molecule has 1 aromatic heterocycles. The molecule has 0 bridgehead atoms. The van der Waals surface area contributed by atoms with Crippen molar-refractivity contribution < 1.29 is 9.53 Å². The Labute approximate surface area is 117 Å². The van der Waals surface area contributed by atoms with Crippen LogP contribution in [0.25, 0.3) is 0 Å². The Kier molecular flexibility index (Phi) is 3.41. The molecule has 1 amide bonds. The normalized spacial score (nSPS) is 13.9. The lowest BCUT2D eigenvalue weighted by atomic mass is 10.0. The minimum absolute atomic E-state index is 0.257. The standard InChI is InChI=1S/C15H17N3O2/c1-17-11-16-8-14(17)10-20-15(19)18-7-6-12-4-2-3-5-13(12)9-18/h2-5,8,11H,6-7,9-10H2,1H3. The Morgan fingerprint density at radius 3 is 2.90 bits per heavy atom. The number of imidazole rings is 1. The van der Waals surface area contributed by atoms with Crippen molar-refractivity contribution in [3.05, 3.63) is 53.6 Å². The van der Waals surface area contributed by atoms with Gasteiger partial charge in [-0.15, -0.1) is 0 Å². The zero-order chi connectivity index (χ0) is 13.9. The number of hydrogen-bond donors (Lipinski definition) is 0. The van der Waals surface area contributed by atoms with Gasteiger partial charge in [-0.3, -0.25) is 0 Å². The van der Waals surface area contributed by atoms with Crippen molar-refractivity contribution in [3.63, 3.8) is 0 Å². The highest BCUT2D eigenvalue weighted by Crippen LogP contribution is 2.19. The van der Waals surface area contributed by atoms with E-state index >= 15 is 0 Å². The van der Waals surface area contributed by atoms with Crippen LogP contribution in [0.3, 0.4) is 0 Å². The molecule has 1 aliphatic rings. The van der Waals surface area contributed by atoms with Crippen LogP contribution in [0.15, 0.2) is 36.8 Å². The Bertz CT molecular complexity index is 621. The smallest absolute Gasteiger partial charge is 0.410 e. The molecule has 2 aromatic rings. The second-order valence-electron chi connectivity index (χ2n) is 4.99. The first kappa shape index (κ1) is 12.7. The van der Waals surface area contributed by atoms with Gasteiger partial charge in [0.15, 0.2) is 0 Å². The summed E-state index contributed by atoms with van der Waals surface area (Å²) in [7, 11) is 1.88. The number of aromatic nitrogens is 2. The van der Waals surface area contributed by atoms with Gasteiger partial charge >= 0.3 is 6.09 Å². The van der Waals surface area contributed by atoms with Gasteiger partial charge in [-0.2, -0.15) is 0 Å². The molecule has 20 heavy (non-hydrogen) atoms. The topological polar surface area (TPSA) is 47.4 Å². The van der Waals surface area contributed by atoms with Crippen LogP contribution in [-0.4, -0.2) is 27.1 Å². The van der Waals surface area contributed by atoms with E-state index in [0.29, 0.717) is 13.1 Å². The van der Waals surface area contributed by atoms with Crippen LogP contribution in [-0.2, 0) is 31.4 Å². The maximum Gasteiger partial charge on any atom is 0.410 e. The van der Waals surface area contributed by atoms with Crippen LogP contribution in [0, 0.1) is 0 Å². The fourth-order valence-electron chi connectivity index (χ4n) is 2.40. The predicted octanol–water partition coefficient (Wildman–Crippen LogP) is 2.12. The summed E-state index contributed by atoms with van der Waals surface area (Å²) in [5, 5.41) is 0. The number of carbonyl (C=O) groups excluding carboxylic acids is 1. The molecule has 2 heterocycles. The lowest BCUT2D eigenvalue weighted by Gasteiger charge is -2.28. The van der Waals surface area contributed by atoms with Crippen molar-refractivity contribution in [2.45, 2.75) is 19.6 Å². The quantitative estimate of drug-likeness (QED) is 0.840. The van der Waals surface area contributed by atoms with E-state index in [2.05, 4.69) is 17.1 Å². The molecule has 3 rings (SSSR count). The highest BCUT2D eigenvalue weighted by molar-refractivity contribution is 5.68. The number of rotatable bonds is 2. The Hall–Kier alpha value is -2.30. The molecule has 0 fully saturated rings. The summed E-state index contributed by atoms with van der Waals surface area (Å²) in [5.41, 5.74) is 3.41.